The first kappa shape index (κ1) is 12.7. The second kappa shape index (κ2) is 4.96. The highest BCUT2D eigenvalue weighted by Crippen LogP contribution is 2.31. The van der Waals surface area contributed by atoms with Gasteiger partial charge in [0, 0.05) is 11.5 Å². The van der Waals surface area contributed by atoms with Gasteiger partial charge in [-0.15, -0.1) is 0 Å². The summed E-state index contributed by atoms with van der Waals surface area (Å²) in [5.41, 5.74) is 1.11. The molecule has 6 nitrogen and oxygen atoms in total. The van der Waals surface area contributed by atoms with Gasteiger partial charge in [-0.25, -0.2) is 14.6 Å². The Bertz CT molecular complexity index is 660. The fourth-order valence-electron chi connectivity index (χ4n) is 2.10. The summed E-state index contributed by atoms with van der Waals surface area (Å²) in [4.78, 5) is 32.0. The van der Waals surface area contributed by atoms with Crippen LogP contribution in [0.2, 0.25) is 0 Å². The molecule has 1 saturated carbocycles. The van der Waals surface area contributed by atoms with Crippen LogP contribution in [0, 0.1) is 12.8 Å². The molecule has 1 aliphatic rings. The summed E-state index contributed by atoms with van der Waals surface area (Å²) in [6, 6.07) is 3.40. The lowest BCUT2D eigenvalue weighted by molar-refractivity contribution is -0.119. The van der Waals surface area contributed by atoms with E-state index in [0.29, 0.717) is 17.1 Å². The maximum Gasteiger partial charge on any atom is 0.172 e. The summed E-state index contributed by atoms with van der Waals surface area (Å²) in [6.07, 6.45) is 4.79. The first-order valence-electron chi connectivity index (χ1n) is 6.53. The largest absolute Gasteiger partial charge is 0.299 e. The SMILES string of the molecule is Cc1nc(-n2cncn2)ccc1C(=O)CC(=O)C1CC1. The monoisotopic (exact) mass is 270 g/mol. The average Bonchev–Trinajstić information content (AvgIpc) is 3.14. The topological polar surface area (TPSA) is 77.7 Å². The molecule has 0 aromatic carbocycles. The molecule has 20 heavy (non-hydrogen) atoms. The Morgan fingerprint density at radius 2 is 2.15 bits per heavy atom. The van der Waals surface area contributed by atoms with E-state index in [1.807, 2.05) is 0 Å². The maximum absolute atomic E-state index is 12.1. The third-order valence-electron chi connectivity index (χ3n) is 3.39. The molecule has 3 rings (SSSR count). The van der Waals surface area contributed by atoms with Crippen molar-refractivity contribution in [3.63, 3.8) is 0 Å². The Morgan fingerprint density at radius 1 is 1.35 bits per heavy atom. The molecule has 0 unspecified atom stereocenters. The van der Waals surface area contributed by atoms with Crippen LogP contribution in [0.4, 0.5) is 0 Å². The van der Waals surface area contributed by atoms with Crippen LogP contribution in [-0.2, 0) is 4.79 Å². The Labute approximate surface area is 115 Å². The Kier molecular flexibility index (Phi) is 3.14. The predicted octanol–water partition coefficient (Wildman–Crippen LogP) is 1.52. The number of pyridine rings is 1. The molecule has 102 valence electrons. The van der Waals surface area contributed by atoms with Gasteiger partial charge in [-0.05, 0) is 31.9 Å². The molecule has 0 spiro atoms. The fraction of sp³-hybridized carbons (Fsp3) is 0.357. The van der Waals surface area contributed by atoms with Crippen LogP contribution in [0.1, 0.15) is 35.3 Å². The molecule has 0 atom stereocenters. The van der Waals surface area contributed by atoms with Crippen LogP contribution in [0.25, 0.3) is 5.82 Å². The number of hydrogen-bond donors (Lipinski definition) is 0. The van der Waals surface area contributed by atoms with E-state index >= 15 is 0 Å². The van der Waals surface area contributed by atoms with E-state index in [1.165, 1.54) is 11.0 Å². The van der Waals surface area contributed by atoms with E-state index in [0.717, 1.165) is 12.8 Å². The van der Waals surface area contributed by atoms with E-state index in [4.69, 9.17) is 0 Å². The Hall–Kier alpha value is -2.37. The minimum atomic E-state index is -0.156. The van der Waals surface area contributed by atoms with Crippen molar-refractivity contribution < 1.29 is 9.59 Å². The van der Waals surface area contributed by atoms with Gasteiger partial charge in [0.1, 0.15) is 18.4 Å². The van der Waals surface area contributed by atoms with Crippen LogP contribution in [0.15, 0.2) is 24.8 Å². The highest BCUT2D eigenvalue weighted by molar-refractivity contribution is 6.09. The Morgan fingerprint density at radius 3 is 2.75 bits per heavy atom. The van der Waals surface area contributed by atoms with Gasteiger partial charge in [0.2, 0.25) is 0 Å². The van der Waals surface area contributed by atoms with Gasteiger partial charge in [-0.2, -0.15) is 5.10 Å². The van der Waals surface area contributed by atoms with Crippen molar-refractivity contribution in [3.8, 4) is 5.82 Å². The maximum atomic E-state index is 12.1. The van der Waals surface area contributed by atoms with Gasteiger partial charge in [-0.3, -0.25) is 9.59 Å². The smallest absolute Gasteiger partial charge is 0.172 e. The number of nitrogens with zero attached hydrogens (tertiary/aromatic N) is 4. The third kappa shape index (κ3) is 2.49. The van der Waals surface area contributed by atoms with Crippen LogP contribution >= 0.6 is 0 Å². The normalized spacial score (nSPS) is 14.2. The highest BCUT2D eigenvalue weighted by Gasteiger charge is 2.31. The summed E-state index contributed by atoms with van der Waals surface area (Å²) in [5.74, 6) is 0.610. The lowest BCUT2D eigenvalue weighted by Gasteiger charge is -2.06. The molecular weight excluding hydrogens is 256 g/mol. The lowest BCUT2D eigenvalue weighted by atomic mass is 10.0. The van der Waals surface area contributed by atoms with Crippen molar-refractivity contribution in [1.29, 1.82) is 0 Å². The second-order valence-electron chi connectivity index (χ2n) is 4.98. The molecule has 2 aromatic heterocycles. The van der Waals surface area contributed by atoms with Gasteiger partial charge >= 0.3 is 0 Å². The molecule has 0 radical (unpaired) electrons. The first-order valence-corrected chi connectivity index (χ1v) is 6.53. The third-order valence-corrected chi connectivity index (χ3v) is 3.39. The number of aryl methyl sites for hydroxylation is 1. The van der Waals surface area contributed by atoms with Crippen molar-refractivity contribution in [3.05, 3.63) is 36.0 Å². The quantitative estimate of drug-likeness (QED) is 0.608. The molecule has 1 fully saturated rings. The minimum Gasteiger partial charge on any atom is -0.299 e. The molecular formula is C14H14N4O2. The molecule has 1 aliphatic carbocycles. The van der Waals surface area contributed by atoms with E-state index < -0.39 is 0 Å². The molecule has 0 saturated heterocycles. The first-order chi connectivity index (χ1) is 9.65. The molecule has 0 N–H and O–H groups in total. The van der Waals surface area contributed by atoms with Crippen LogP contribution in [0.3, 0.4) is 0 Å². The highest BCUT2D eigenvalue weighted by atomic mass is 16.1. The van der Waals surface area contributed by atoms with Crippen molar-refractivity contribution in [1.82, 2.24) is 19.7 Å². The number of rotatable bonds is 5. The second-order valence-corrected chi connectivity index (χ2v) is 4.98. The van der Waals surface area contributed by atoms with E-state index in [9.17, 15) is 9.59 Å². The number of aromatic nitrogens is 4. The van der Waals surface area contributed by atoms with Crippen LogP contribution in [-0.4, -0.2) is 31.3 Å². The van der Waals surface area contributed by atoms with E-state index in [2.05, 4.69) is 15.1 Å². The van der Waals surface area contributed by atoms with Gasteiger partial charge in [-0.1, -0.05) is 0 Å². The number of ketones is 2. The number of Topliss-reactive ketones (excluding diaryl/α,β-unsaturated/α-hetero) is 2. The van der Waals surface area contributed by atoms with E-state index in [-0.39, 0.29) is 23.9 Å². The zero-order valence-corrected chi connectivity index (χ0v) is 11.1. The fourth-order valence-corrected chi connectivity index (χ4v) is 2.10. The molecule has 6 heteroatoms. The van der Waals surface area contributed by atoms with Crippen molar-refractivity contribution in [2.75, 3.05) is 0 Å². The number of carbonyl (C=O) groups excluding carboxylic acids is 2. The van der Waals surface area contributed by atoms with E-state index in [1.54, 1.807) is 25.4 Å². The summed E-state index contributed by atoms with van der Waals surface area (Å²) in [6.45, 7) is 1.76. The average molecular weight is 270 g/mol. The number of hydrogen-bond acceptors (Lipinski definition) is 5. The number of carbonyl (C=O) groups is 2. The van der Waals surface area contributed by atoms with Gasteiger partial charge in [0.15, 0.2) is 11.6 Å². The molecule has 0 amide bonds. The van der Waals surface area contributed by atoms with Gasteiger partial charge in [0.25, 0.3) is 0 Å². The van der Waals surface area contributed by atoms with Crippen LogP contribution < -0.4 is 0 Å². The molecule has 2 aromatic rings. The van der Waals surface area contributed by atoms with Gasteiger partial charge < -0.3 is 0 Å². The minimum absolute atomic E-state index is 0.0180. The molecule has 0 aliphatic heterocycles. The van der Waals surface area contributed by atoms with Crippen molar-refractivity contribution in [2.24, 2.45) is 5.92 Å². The molecule has 2 heterocycles. The zero-order valence-electron chi connectivity index (χ0n) is 11.1. The van der Waals surface area contributed by atoms with Crippen LogP contribution in [0.5, 0.6) is 0 Å². The van der Waals surface area contributed by atoms with Crippen molar-refractivity contribution >= 4 is 11.6 Å². The Balaban J connectivity index is 1.80. The van der Waals surface area contributed by atoms with Crippen molar-refractivity contribution in [2.45, 2.75) is 26.2 Å². The summed E-state index contributed by atoms with van der Waals surface area (Å²) in [7, 11) is 0. The zero-order chi connectivity index (χ0) is 14.1. The summed E-state index contributed by atoms with van der Waals surface area (Å²) < 4.78 is 1.52. The predicted molar refractivity (Wildman–Crippen MR) is 70.6 cm³/mol. The summed E-state index contributed by atoms with van der Waals surface area (Å²) >= 11 is 0. The standard InChI is InChI=1S/C14H14N4O2/c1-9-11(13(20)6-12(19)10-2-3-10)4-5-14(17-9)18-8-15-7-16-18/h4-5,7-8,10H,2-3,6H2,1H3. The summed E-state index contributed by atoms with van der Waals surface area (Å²) in [5, 5.41) is 3.99. The molecule has 0 bridgehead atoms. The lowest BCUT2D eigenvalue weighted by Crippen LogP contribution is -2.12. The van der Waals surface area contributed by atoms with Gasteiger partial charge in [0.05, 0.1) is 12.1 Å².